The van der Waals surface area contributed by atoms with E-state index in [1.807, 2.05) is 27.7 Å². The van der Waals surface area contributed by atoms with Gasteiger partial charge in [-0.05, 0) is 13.8 Å². The van der Waals surface area contributed by atoms with Crippen LogP contribution in [0, 0.1) is 17.8 Å². The van der Waals surface area contributed by atoms with Crippen molar-refractivity contribution in [2.75, 3.05) is 0 Å². The summed E-state index contributed by atoms with van der Waals surface area (Å²) in [5.74, 6) is 6.34. The molecule has 0 saturated heterocycles. The second kappa shape index (κ2) is 4.15. The van der Waals surface area contributed by atoms with Crippen LogP contribution in [0.3, 0.4) is 0 Å². The minimum absolute atomic E-state index is 0. The molecule has 0 unspecified atom stereocenters. The first-order valence-electron chi connectivity index (χ1n) is 4.15. The van der Waals surface area contributed by atoms with E-state index >= 15 is 0 Å². The van der Waals surface area contributed by atoms with Crippen molar-refractivity contribution >= 4 is 5.91 Å². The molecule has 0 heterocycles. The predicted molar refractivity (Wildman–Crippen MR) is 52.6 cm³/mol. The third-order valence-electron chi connectivity index (χ3n) is 1.16. The molecule has 0 aliphatic heterocycles. The maximum Gasteiger partial charge on any atom is 0.218 e. The Labute approximate surface area is 76.2 Å². The third-order valence-corrected chi connectivity index (χ3v) is 1.16. The maximum atomic E-state index is 10.7. The van der Waals surface area contributed by atoms with Crippen LogP contribution in [0.15, 0.2) is 0 Å². The molecule has 12 heavy (non-hydrogen) atoms. The Bertz CT molecular complexity index is 223. The molecule has 0 radical (unpaired) electrons. The van der Waals surface area contributed by atoms with Crippen molar-refractivity contribution in [2.24, 2.45) is 5.92 Å². The Morgan fingerprint density at radius 1 is 1.50 bits per heavy atom. The van der Waals surface area contributed by atoms with E-state index in [2.05, 4.69) is 17.2 Å². The fourth-order valence-electron chi connectivity index (χ4n) is 0.796. The Morgan fingerprint density at radius 3 is 2.33 bits per heavy atom. The quantitative estimate of drug-likeness (QED) is 0.596. The maximum absolute atomic E-state index is 10.7. The van der Waals surface area contributed by atoms with Crippen molar-refractivity contribution in [1.82, 2.24) is 5.32 Å². The summed E-state index contributed by atoms with van der Waals surface area (Å²) in [4.78, 5) is 10.7. The van der Waals surface area contributed by atoms with Gasteiger partial charge < -0.3 is 5.32 Å². The van der Waals surface area contributed by atoms with Crippen LogP contribution < -0.4 is 5.32 Å². The highest BCUT2D eigenvalue weighted by molar-refractivity contribution is 5.74. The van der Waals surface area contributed by atoms with E-state index in [9.17, 15) is 4.79 Å². The summed E-state index contributed by atoms with van der Waals surface area (Å²) >= 11 is 0. The van der Waals surface area contributed by atoms with E-state index < -0.39 is 5.54 Å². The van der Waals surface area contributed by atoms with E-state index in [0.717, 1.165) is 0 Å². The number of carbonyl (C=O) groups excluding carboxylic acids is 1. The number of carbonyl (C=O) groups is 1. The average molecular weight is 169 g/mol. The van der Waals surface area contributed by atoms with E-state index in [4.69, 9.17) is 0 Å². The van der Waals surface area contributed by atoms with Gasteiger partial charge in [0.25, 0.3) is 0 Å². The van der Waals surface area contributed by atoms with Crippen molar-refractivity contribution < 1.29 is 6.22 Å². The van der Waals surface area contributed by atoms with Gasteiger partial charge in [0.2, 0.25) is 5.91 Å². The zero-order valence-corrected chi connectivity index (χ0v) is 8.49. The van der Waals surface area contributed by atoms with Gasteiger partial charge in [-0.2, -0.15) is 0 Å². The second-order valence-electron chi connectivity index (χ2n) is 3.73. The van der Waals surface area contributed by atoms with Gasteiger partial charge in [-0.15, -0.1) is 0 Å². The molecule has 0 aromatic heterocycles. The van der Waals surface area contributed by atoms with Crippen LogP contribution in [0.25, 0.3) is 0 Å². The number of amides is 1. The summed E-state index contributed by atoms with van der Waals surface area (Å²) in [6, 6.07) is 0. The largest absolute Gasteiger partial charge is 0.341 e. The Morgan fingerprint density at radius 2 is 2.00 bits per heavy atom. The third kappa shape index (κ3) is 5.79. The lowest BCUT2D eigenvalue weighted by molar-refractivity contribution is -0.119. The summed E-state index contributed by atoms with van der Waals surface area (Å²) in [5, 5.41) is 2.76. The molecule has 2 heteroatoms. The van der Waals surface area contributed by atoms with Gasteiger partial charge in [-0.3, -0.25) is 4.79 Å². The normalized spacial score (nSPS) is 10.5. The molecule has 2 nitrogen and oxygen atoms in total. The lowest BCUT2D eigenvalue weighted by Gasteiger charge is -2.18. The van der Waals surface area contributed by atoms with Crippen molar-refractivity contribution in [2.45, 2.75) is 40.2 Å². The molecular formula is C10H19NO. The Balaban J connectivity index is 0. The van der Waals surface area contributed by atoms with Gasteiger partial charge in [0.05, 0.1) is 5.54 Å². The molecule has 0 aliphatic carbocycles. The smallest absolute Gasteiger partial charge is 0.218 e. The van der Waals surface area contributed by atoms with E-state index in [0.29, 0.717) is 5.92 Å². The van der Waals surface area contributed by atoms with Gasteiger partial charge in [-0.25, -0.2) is 0 Å². The molecule has 0 aromatic carbocycles. The molecule has 0 fully saturated rings. The van der Waals surface area contributed by atoms with Crippen LogP contribution in [0.5, 0.6) is 0 Å². The van der Waals surface area contributed by atoms with Crippen LogP contribution >= 0.6 is 0 Å². The zero-order valence-electron chi connectivity index (χ0n) is 8.49. The molecule has 0 rings (SSSR count). The fourth-order valence-corrected chi connectivity index (χ4v) is 0.796. The van der Waals surface area contributed by atoms with Crippen LogP contribution in [0.2, 0.25) is 0 Å². The van der Waals surface area contributed by atoms with Gasteiger partial charge in [-0.1, -0.05) is 25.7 Å². The minimum atomic E-state index is -0.407. The molecule has 1 N–H and O–H groups in total. The fraction of sp³-hybridized carbons (Fsp3) is 0.700. The first-order chi connectivity index (χ1) is 5.33. The molecule has 0 spiro atoms. The Hall–Kier alpha value is -0.970. The van der Waals surface area contributed by atoms with Crippen molar-refractivity contribution in [3.8, 4) is 11.8 Å². The standard InChI is InChI=1S/C10H17NO.H2/c1-8(2)6-7-10(4,5)11-9(3)12;/h8H,1-5H3,(H,11,12);1H. The van der Waals surface area contributed by atoms with Gasteiger partial charge >= 0.3 is 0 Å². The molecule has 0 bridgehead atoms. The first-order valence-corrected chi connectivity index (χ1v) is 4.15. The molecule has 70 valence electrons. The van der Waals surface area contributed by atoms with Crippen LogP contribution in [-0.2, 0) is 4.79 Å². The average Bonchev–Trinajstić information content (AvgIpc) is 1.81. The molecular weight excluding hydrogens is 150 g/mol. The van der Waals surface area contributed by atoms with Crippen molar-refractivity contribution in [3.63, 3.8) is 0 Å². The molecule has 0 atom stereocenters. The number of nitrogens with one attached hydrogen (secondary N) is 1. The Kier molecular flexibility index (Phi) is 3.82. The summed E-state index contributed by atoms with van der Waals surface area (Å²) in [6.07, 6.45) is 0. The lowest BCUT2D eigenvalue weighted by Crippen LogP contribution is -2.40. The summed E-state index contributed by atoms with van der Waals surface area (Å²) in [5.41, 5.74) is -0.407. The van der Waals surface area contributed by atoms with Crippen LogP contribution in [0.4, 0.5) is 0 Å². The topological polar surface area (TPSA) is 29.1 Å². The minimum Gasteiger partial charge on any atom is -0.341 e. The monoisotopic (exact) mass is 169 g/mol. The van der Waals surface area contributed by atoms with Crippen molar-refractivity contribution in [1.29, 1.82) is 0 Å². The van der Waals surface area contributed by atoms with E-state index in [1.165, 1.54) is 6.92 Å². The van der Waals surface area contributed by atoms with E-state index in [1.54, 1.807) is 0 Å². The summed E-state index contributed by atoms with van der Waals surface area (Å²) in [7, 11) is 0. The summed E-state index contributed by atoms with van der Waals surface area (Å²) < 4.78 is 0. The molecule has 0 saturated carbocycles. The SMILES string of the molecule is CC(=O)NC(C)(C)C#CC(C)C.[HH]. The van der Waals surface area contributed by atoms with E-state index in [-0.39, 0.29) is 7.33 Å². The first kappa shape index (κ1) is 11.0. The van der Waals surface area contributed by atoms with Crippen molar-refractivity contribution in [3.05, 3.63) is 0 Å². The molecule has 0 aromatic rings. The second-order valence-corrected chi connectivity index (χ2v) is 3.73. The molecule has 0 aliphatic rings. The zero-order chi connectivity index (χ0) is 9.78. The van der Waals surface area contributed by atoms with Crippen LogP contribution in [-0.4, -0.2) is 11.4 Å². The number of rotatable bonds is 1. The highest BCUT2D eigenvalue weighted by atomic mass is 16.1. The van der Waals surface area contributed by atoms with Gasteiger partial charge in [0.15, 0.2) is 0 Å². The number of hydrogen-bond acceptors (Lipinski definition) is 1. The number of hydrogen-bond donors (Lipinski definition) is 1. The highest BCUT2D eigenvalue weighted by Crippen LogP contribution is 2.00. The van der Waals surface area contributed by atoms with Gasteiger partial charge in [0.1, 0.15) is 0 Å². The van der Waals surface area contributed by atoms with Crippen LogP contribution in [0.1, 0.15) is 36.0 Å². The lowest BCUT2D eigenvalue weighted by atomic mass is 10.1. The predicted octanol–water partition coefficient (Wildman–Crippen LogP) is 1.81. The van der Waals surface area contributed by atoms with Gasteiger partial charge in [0, 0.05) is 14.3 Å². The molecule has 1 amide bonds. The summed E-state index contributed by atoms with van der Waals surface area (Å²) in [6.45, 7) is 9.33. The highest BCUT2D eigenvalue weighted by Gasteiger charge is 2.14.